The van der Waals surface area contributed by atoms with E-state index in [9.17, 15) is 0 Å². The monoisotopic (exact) mass is 309 g/mol. The summed E-state index contributed by atoms with van der Waals surface area (Å²) in [6.07, 6.45) is 2.76. The summed E-state index contributed by atoms with van der Waals surface area (Å²) in [7, 11) is 0. The maximum Gasteiger partial charge on any atom is 0.132 e. The summed E-state index contributed by atoms with van der Waals surface area (Å²) in [5, 5.41) is 8.04. The lowest BCUT2D eigenvalue weighted by Crippen LogP contribution is -2.05. The first-order chi connectivity index (χ1) is 8.61. The normalized spacial score (nSPS) is 11.2. The Kier molecular flexibility index (Phi) is 4.06. The second-order valence-corrected chi connectivity index (χ2v) is 5.24. The van der Waals surface area contributed by atoms with E-state index in [4.69, 9.17) is 0 Å². The second kappa shape index (κ2) is 5.56. The summed E-state index contributed by atoms with van der Waals surface area (Å²) in [5.41, 5.74) is 1.79. The molecule has 0 N–H and O–H groups in total. The van der Waals surface area contributed by atoms with Crippen LogP contribution in [0.15, 0.2) is 16.9 Å². The van der Waals surface area contributed by atoms with E-state index in [1.165, 1.54) is 0 Å². The molecule has 0 aliphatic carbocycles. The Hall–Kier alpha value is -1.30. The third-order valence-electron chi connectivity index (χ3n) is 2.54. The maximum atomic E-state index is 4.58. The van der Waals surface area contributed by atoms with Crippen molar-refractivity contribution in [1.29, 1.82) is 0 Å². The topological polar surface area (TPSA) is 56.5 Å². The first-order valence-electron chi connectivity index (χ1n) is 6.05. The summed E-state index contributed by atoms with van der Waals surface area (Å²) in [4.78, 5) is 8.95. The molecule has 0 aliphatic heterocycles. The average molecular weight is 310 g/mol. The smallest absolute Gasteiger partial charge is 0.132 e. The molecule has 0 atom stereocenters. The second-order valence-electron chi connectivity index (χ2n) is 4.43. The highest BCUT2D eigenvalue weighted by Crippen LogP contribution is 2.22. The molecule has 0 radical (unpaired) electrons. The molecule has 2 aromatic heterocycles. The molecule has 0 aliphatic rings. The van der Waals surface area contributed by atoms with Crippen molar-refractivity contribution >= 4 is 15.9 Å². The van der Waals surface area contributed by atoms with Gasteiger partial charge >= 0.3 is 0 Å². The first kappa shape index (κ1) is 13.1. The minimum absolute atomic E-state index is 0.289. The van der Waals surface area contributed by atoms with Crippen molar-refractivity contribution < 1.29 is 0 Å². The molecule has 5 nitrogen and oxygen atoms in total. The SMILES string of the molecule is CCCn1nncc1-c1cc(Br)nc(C(C)C)n1. The van der Waals surface area contributed by atoms with Gasteiger partial charge in [0, 0.05) is 12.5 Å². The average Bonchev–Trinajstić information content (AvgIpc) is 2.77. The number of hydrogen-bond acceptors (Lipinski definition) is 4. The Labute approximate surface area is 115 Å². The Balaban J connectivity index is 2.46. The van der Waals surface area contributed by atoms with Gasteiger partial charge in [-0.3, -0.25) is 0 Å². The van der Waals surface area contributed by atoms with E-state index in [0.29, 0.717) is 0 Å². The zero-order valence-corrected chi connectivity index (χ0v) is 12.3. The highest BCUT2D eigenvalue weighted by Gasteiger charge is 2.12. The molecule has 2 aromatic rings. The van der Waals surface area contributed by atoms with Crippen LogP contribution in [-0.4, -0.2) is 25.0 Å². The summed E-state index contributed by atoms with van der Waals surface area (Å²) >= 11 is 3.43. The maximum absolute atomic E-state index is 4.58. The van der Waals surface area contributed by atoms with E-state index in [2.05, 4.69) is 57.0 Å². The third-order valence-corrected chi connectivity index (χ3v) is 2.95. The lowest BCUT2D eigenvalue weighted by molar-refractivity contribution is 0.583. The van der Waals surface area contributed by atoms with E-state index in [1.807, 2.05) is 10.7 Å². The third kappa shape index (κ3) is 2.75. The predicted molar refractivity (Wildman–Crippen MR) is 73.1 cm³/mol. The lowest BCUT2D eigenvalue weighted by atomic mass is 10.2. The van der Waals surface area contributed by atoms with Crippen molar-refractivity contribution in [2.45, 2.75) is 39.7 Å². The molecule has 0 amide bonds. The summed E-state index contributed by atoms with van der Waals surface area (Å²) < 4.78 is 2.67. The van der Waals surface area contributed by atoms with Gasteiger partial charge in [-0.15, -0.1) is 5.10 Å². The largest absolute Gasteiger partial charge is 0.243 e. The van der Waals surface area contributed by atoms with Gasteiger partial charge in [0.25, 0.3) is 0 Å². The fraction of sp³-hybridized carbons (Fsp3) is 0.500. The molecule has 0 unspecified atom stereocenters. The van der Waals surface area contributed by atoms with Crippen LogP contribution in [0.25, 0.3) is 11.4 Å². The van der Waals surface area contributed by atoms with Crippen molar-refractivity contribution in [1.82, 2.24) is 25.0 Å². The van der Waals surface area contributed by atoms with Gasteiger partial charge in [0.05, 0.1) is 11.9 Å². The van der Waals surface area contributed by atoms with E-state index in [0.717, 1.165) is 34.8 Å². The Morgan fingerprint density at radius 1 is 1.33 bits per heavy atom. The van der Waals surface area contributed by atoms with Crippen LogP contribution < -0.4 is 0 Å². The number of rotatable bonds is 4. The molecule has 0 fully saturated rings. The van der Waals surface area contributed by atoms with Gasteiger partial charge in [-0.1, -0.05) is 26.0 Å². The van der Waals surface area contributed by atoms with E-state index >= 15 is 0 Å². The molecule has 0 aromatic carbocycles. The van der Waals surface area contributed by atoms with Crippen molar-refractivity contribution in [3.05, 3.63) is 22.7 Å². The van der Waals surface area contributed by atoms with Crippen LogP contribution in [0.1, 0.15) is 38.9 Å². The Morgan fingerprint density at radius 3 is 2.78 bits per heavy atom. The fourth-order valence-electron chi connectivity index (χ4n) is 1.66. The summed E-state index contributed by atoms with van der Waals surface area (Å²) in [6, 6.07) is 1.90. The van der Waals surface area contributed by atoms with Crippen LogP contribution in [0, 0.1) is 0 Å². The standard InChI is InChI=1S/C12H16BrN5/c1-4-5-18-10(7-14-17-18)9-6-11(13)16-12(15-9)8(2)3/h6-8H,4-5H2,1-3H3. The lowest BCUT2D eigenvalue weighted by Gasteiger charge is -2.08. The Bertz CT molecular complexity index is 535. The Morgan fingerprint density at radius 2 is 2.11 bits per heavy atom. The number of nitrogens with zero attached hydrogens (tertiary/aromatic N) is 5. The number of hydrogen-bond donors (Lipinski definition) is 0. The number of halogens is 1. The summed E-state index contributed by atoms with van der Waals surface area (Å²) in [5.74, 6) is 1.11. The fourth-order valence-corrected chi connectivity index (χ4v) is 2.06. The predicted octanol–water partition coefficient (Wildman–Crippen LogP) is 3.03. The molecular weight excluding hydrogens is 294 g/mol. The molecule has 2 heterocycles. The molecule has 0 saturated carbocycles. The van der Waals surface area contributed by atoms with Gasteiger partial charge in [0.15, 0.2) is 0 Å². The van der Waals surface area contributed by atoms with Crippen LogP contribution in [0.4, 0.5) is 0 Å². The van der Waals surface area contributed by atoms with Crippen molar-refractivity contribution in [2.24, 2.45) is 0 Å². The quantitative estimate of drug-likeness (QED) is 0.815. The number of aromatic nitrogens is 5. The van der Waals surface area contributed by atoms with Gasteiger partial charge in [-0.25, -0.2) is 14.6 Å². The molecule has 0 spiro atoms. The highest BCUT2D eigenvalue weighted by atomic mass is 79.9. The van der Waals surface area contributed by atoms with Crippen LogP contribution >= 0.6 is 15.9 Å². The first-order valence-corrected chi connectivity index (χ1v) is 6.84. The minimum atomic E-state index is 0.289. The minimum Gasteiger partial charge on any atom is -0.243 e. The summed E-state index contributed by atoms with van der Waals surface area (Å²) in [6.45, 7) is 7.11. The molecule has 6 heteroatoms. The van der Waals surface area contributed by atoms with Gasteiger partial charge in [-0.05, 0) is 28.4 Å². The van der Waals surface area contributed by atoms with Gasteiger partial charge < -0.3 is 0 Å². The van der Waals surface area contributed by atoms with E-state index < -0.39 is 0 Å². The molecule has 96 valence electrons. The van der Waals surface area contributed by atoms with Crippen molar-refractivity contribution in [3.8, 4) is 11.4 Å². The van der Waals surface area contributed by atoms with Gasteiger partial charge in [0.2, 0.25) is 0 Å². The van der Waals surface area contributed by atoms with Gasteiger partial charge in [-0.2, -0.15) is 0 Å². The van der Waals surface area contributed by atoms with Gasteiger partial charge in [0.1, 0.15) is 16.1 Å². The molecule has 0 bridgehead atoms. The van der Waals surface area contributed by atoms with Crippen molar-refractivity contribution in [2.75, 3.05) is 0 Å². The number of aryl methyl sites for hydroxylation is 1. The van der Waals surface area contributed by atoms with Crippen LogP contribution in [0.3, 0.4) is 0 Å². The van der Waals surface area contributed by atoms with Crippen LogP contribution in [0.2, 0.25) is 0 Å². The zero-order valence-electron chi connectivity index (χ0n) is 10.8. The highest BCUT2D eigenvalue weighted by molar-refractivity contribution is 9.10. The van der Waals surface area contributed by atoms with Crippen LogP contribution in [0.5, 0.6) is 0 Å². The molecule has 2 rings (SSSR count). The molecular formula is C12H16BrN5. The van der Waals surface area contributed by atoms with E-state index in [-0.39, 0.29) is 5.92 Å². The van der Waals surface area contributed by atoms with Crippen molar-refractivity contribution in [3.63, 3.8) is 0 Å². The zero-order chi connectivity index (χ0) is 13.1. The molecule has 18 heavy (non-hydrogen) atoms. The van der Waals surface area contributed by atoms with E-state index in [1.54, 1.807) is 6.20 Å². The van der Waals surface area contributed by atoms with Crippen LogP contribution in [-0.2, 0) is 6.54 Å². The molecule has 0 saturated heterocycles.